The van der Waals surface area contributed by atoms with E-state index in [-0.39, 0.29) is 0 Å². The van der Waals surface area contributed by atoms with E-state index in [4.69, 9.17) is 4.74 Å². The van der Waals surface area contributed by atoms with Crippen LogP contribution in [0.5, 0.6) is 5.88 Å². The molecule has 0 aliphatic heterocycles. The highest BCUT2D eigenvalue weighted by Gasteiger charge is 2.14. The molecule has 3 heterocycles. The van der Waals surface area contributed by atoms with Crippen LogP contribution in [0.3, 0.4) is 0 Å². The summed E-state index contributed by atoms with van der Waals surface area (Å²) in [7, 11) is 0. The molecule has 0 atom stereocenters. The molecule has 120 valence electrons. The topological polar surface area (TPSA) is 65.2 Å². The summed E-state index contributed by atoms with van der Waals surface area (Å²) in [5, 5.41) is 15.1. The standard InChI is InChI=1S/C18H17N5O/c1-2-7-16-20-21-17-14-9-3-4-10-15(14)18(22-23(16)17)24-12-13-8-5-6-11-19-13/h3-6,8-11H,2,7,12H2,1H3. The first-order valence-corrected chi connectivity index (χ1v) is 8.02. The molecular weight excluding hydrogens is 302 g/mol. The van der Waals surface area contributed by atoms with Crippen LogP contribution in [0.4, 0.5) is 0 Å². The molecule has 6 heteroatoms. The Balaban J connectivity index is 1.81. The summed E-state index contributed by atoms with van der Waals surface area (Å²) >= 11 is 0. The molecule has 0 saturated heterocycles. The van der Waals surface area contributed by atoms with E-state index in [0.717, 1.165) is 40.8 Å². The largest absolute Gasteiger partial charge is 0.470 e. The van der Waals surface area contributed by atoms with Crippen molar-refractivity contribution in [2.24, 2.45) is 0 Å². The second kappa shape index (κ2) is 6.23. The van der Waals surface area contributed by atoms with E-state index in [1.807, 2.05) is 42.5 Å². The smallest absolute Gasteiger partial charge is 0.240 e. The molecule has 0 radical (unpaired) electrons. The van der Waals surface area contributed by atoms with Gasteiger partial charge in [0.2, 0.25) is 5.88 Å². The lowest BCUT2D eigenvalue weighted by molar-refractivity contribution is 0.288. The molecule has 0 fully saturated rings. The number of hydrogen-bond donors (Lipinski definition) is 0. The SMILES string of the molecule is CCCc1nnc2c3ccccc3c(OCc3ccccn3)nn12. The van der Waals surface area contributed by atoms with E-state index >= 15 is 0 Å². The fraction of sp³-hybridized carbons (Fsp3) is 0.222. The van der Waals surface area contributed by atoms with Crippen LogP contribution in [0.1, 0.15) is 24.9 Å². The third-order valence-electron chi connectivity index (χ3n) is 3.85. The van der Waals surface area contributed by atoms with E-state index in [1.54, 1.807) is 10.7 Å². The summed E-state index contributed by atoms with van der Waals surface area (Å²) in [4.78, 5) is 4.29. The number of aryl methyl sites for hydroxylation is 1. The number of aromatic nitrogens is 5. The van der Waals surface area contributed by atoms with Crippen molar-refractivity contribution in [3.63, 3.8) is 0 Å². The van der Waals surface area contributed by atoms with Gasteiger partial charge in [0.05, 0.1) is 5.69 Å². The van der Waals surface area contributed by atoms with E-state index in [2.05, 4.69) is 27.2 Å². The van der Waals surface area contributed by atoms with Gasteiger partial charge in [-0.1, -0.05) is 31.2 Å². The zero-order valence-electron chi connectivity index (χ0n) is 13.4. The van der Waals surface area contributed by atoms with Crippen molar-refractivity contribution in [3.05, 3.63) is 60.2 Å². The van der Waals surface area contributed by atoms with Crippen molar-refractivity contribution in [2.45, 2.75) is 26.4 Å². The van der Waals surface area contributed by atoms with Crippen LogP contribution < -0.4 is 4.74 Å². The predicted octanol–water partition coefficient (Wildman–Crippen LogP) is 3.20. The van der Waals surface area contributed by atoms with Gasteiger partial charge in [0.15, 0.2) is 11.5 Å². The Morgan fingerprint density at radius 3 is 2.62 bits per heavy atom. The van der Waals surface area contributed by atoms with Gasteiger partial charge < -0.3 is 4.74 Å². The van der Waals surface area contributed by atoms with Crippen LogP contribution in [-0.2, 0) is 13.0 Å². The van der Waals surface area contributed by atoms with Gasteiger partial charge in [0, 0.05) is 23.4 Å². The first-order valence-electron chi connectivity index (χ1n) is 8.02. The van der Waals surface area contributed by atoms with E-state index in [0.29, 0.717) is 12.5 Å². The van der Waals surface area contributed by atoms with Crippen LogP contribution >= 0.6 is 0 Å². The highest BCUT2D eigenvalue weighted by molar-refractivity contribution is 5.96. The van der Waals surface area contributed by atoms with Gasteiger partial charge in [-0.15, -0.1) is 15.3 Å². The molecule has 4 rings (SSSR count). The zero-order chi connectivity index (χ0) is 16.4. The second-order valence-electron chi connectivity index (χ2n) is 5.56. The third-order valence-corrected chi connectivity index (χ3v) is 3.85. The average Bonchev–Trinajstić information content (AvgIpc) is 3.04. The van der Waals surface area contributed by atoms with Crippen LogP contribution in [-0.4, -0.2) is 24.8 Å². The van der Waals surface area contributed by atoms with Crippen LogP contribution in [0.2, 0.25) is 0 Å². The van der Waals surface area contributed by atoms with Gasteiger partial charge in [-0.3, -0.25) is 4.98 Å². The van der Waals surface area contributed by atoms with Crippen molar-refractivity contribution in [2.75, 3.05) is 0 Å². The molecule has 0 aliphatic carbocycles. The van der Waals surface area contributed by atoms with Crippen molar-refractivity contribution >= 4 is 16.4 Å². The highest BCUT2D eigenvalue weighted by atomic mass is 16.5. The summed E-state index contributed by atoms with van der Waals surface area (Å²) in [6, 6.07) is 13.7. The summed E-state index contributed by atoms with van der Waals surface area (Å²) in [6.07, 6.45) is 3.57. The lowest BCUT2D eigenvalue weighted by Gasteiger charge is -2.09. The molecule has 0 saturated carbocycles. The maximum atomic E-state index is 5.97. The van der Waals surface area contributed by atoms with E-state index in [9.17, 15) is 0 Å². The molecule has 0 amide bonds. The van der Waals surface area contributed by atoms with Gasteiger partial charge in [-0.05, 0) is 24.6 Å². The van der Waals surface area contributed by atoms with Gasteiger partial charge in [0.1, 0.15) is 6.61 Å². The Labute approximate surface area is 139 Å². The van der Waals surface area contributed by atoms with Crippen molar-refractivity contribution in [3.8, 4) is 5.88 Å². The Hall–Kier alpha value is -3.02. The number of nitrogens with zero attached hydrogens (tertiary/aromatic N) is 5. The minimum Gasteiger partial charge on any atom is -0.470 e. The predicted molar refractivity (Wildman–Crippen MR) is 90.9 cm³/mol. The van der Waals surface area contributed by atoms with Gasteiger partial charge in [-0.25, -0.2) is 0 Å². The maximum absolute atomic E-state index is 5.97. The number of rotatable bonds is 5. The molecule has 1 aromatic carbocycles. The second-order valence-corrected chi connectivity index (χ2v) is 5.56. The third kappa shape index (κ3) is 2.56. The lowest BCUT2D eigenvalue weighted by atomic mass is 10.2. The lowest BCUT2D eigenvalue weighted by Crippen LogP contribution is -2.05. The molecule has 6 nitrogen and oxygen atoms in total. The molecule has 0 unspecified atom stereocenters. The van der Waals surface area contributed by atoms with Gasteiger partial charge >= 0.3 is 0 Å². The fourth-order valence-electron chi connectivity index (χ4n) is 2.71. The number of pyridine rings is 1. The van der Waals surface area contributed by atoms with Crippen LogP contribution in [0.25, 0.3) is 16.4 Å². The molecule has 0 N–H and O–H groups in total. The molecule has 0 bridgehead atoms. The van der Waals surface area contributed by atoms with E-state index < -0.39 is 0 Å². The van der Waals surface area contributed by atoms with Crippen molar-refractivity contribution in [1.82, 2.24) is 24.8 Å². The Kier molecular flexibility index (Phi) is 3.78. The summed E-state index contributed by atoms with van der Waals surface area (Å²) in [6.45, 7) is 2.48. The highest BCUT2D eigenvalue weighted by Crippen LogP contribution is 2.27. The molecule has 0 aliphatic rings. The maximum Gasteiger partial charge on any atom is 0.240 e. The number of hydrogen-bond acceptors (Lipinski definition) is 5. The Bertz CT molecular complexity index is 981. The van der Waals surface area contributed by atoms with Crippen LogP contribution in [0.15, 0.2) is 48.7 Å². The van der Waals surface area contributed by atoms with Gasteiger partial charge in [-0.2, -0.15) is 4.52 Å². The van der Waals surface area contributed by atoms with E-state index in [1.165, 1.54) is 0 Å². The van der Waals surface area contributed by atoms with Crippen molar-refractivity contribution in [1.29, 1.82) is 0 Å². The van der Waals surface area contributed by atoms with Crippen molar-refractivity contribution < 1.29 is 4.74 Å². The number of benzene rings is 1. The number of fused-ring (bicyclic) bond motifs is 3. The molecular formula is C18H17N5O. The zero-order valence-corrected chi connectivity index (χ0v) is 13.4. The van der Waals surface area contributed by atoms with Crippen LogP contribution in [0, 0.1) is 0 Å². The molecule has 24 heavy (non-hydrogen) atoms. The fourth-order valence-corrected chi connectivity index (χ4v) is 2.71. The monoisotopic (exact) mass is 319 g/mol. The minimum atomic E-state index is 0.370. The normalized spacial score (nSPS) is 11.2. The summed E-state index contributed by atoms with van der Waals surface area (Å²) in [5.74, 6) is 1.42. The Morgan fingerprint density at radius 2 is 1.83 bits per heavy atom. The average molecular weight is 319 g/mol. The molecule has 0 spiro atoms. The molecule has 4 aromatic rings. The first-order chi connectivity index (χ1) is 11.9. The quantitative estimate of drug-likeness (QED) is 0.565. The Morgan fingerprint density at radius 1 is 1.00 bits per heavy atom. The van der Waals surface area contributed by atoms with Gasteiger partial charge in [0.25, 0.3) is 0 Å². The summed E-state index contributed by atoms with van der Waals surface area (Å²) < 4.78 is 7.76. The number of ether oxygens (including phenoxy) is 1. The summed E-state index contributed by atoms with van der Waals surface area (Å²) in [5.41, 5.74) is 1.63. The minimum absolute atomic E-state index is 0.370. The molecule has 3 aromatic heterocycles. The first kappa shape index (κ1) is 14.6.